The molecule has 4 heteroatoms. The largest absolute Gasteiger partial charge is 0.375 e. The number of thioether (sulfide) groups is 1. The van der Waals surface area contributed by atoms with Crippen LogP contribution in [0.3, 0.4) is 0 Å². The average Bonchev–Trinajstić information content (AvgIpc) is 2.37. The Bertz CT molecular complexity index is 282. The van der Waals surface area contributed by atoms with Crippen molar-refractivity contribution in [3.63, 3.8) is 0 Å². The molecule has 0 aromatic rings. The highest BCUT2D eigenvalue weighted by molar-refractivity contribution is 7.99. The molecule has 0 N–H and O–H groups in total. The Morgan fingerprint density at radius 3 is 2.78 bits per heavy atom. The van der Waals surface area contributed by atoms with E-state index in [-0.39, 0.29) is 11.5 Å². The van der Waals surface area contributed by atoms with Crippen molar-refractivity contribution in [2.75, 3.05) is 38.8 Å². The lowest BCUT2D eigenvalue weighted by atomic mass is 9.79. The van der Waals surface area contributed by atoms with Crippen LogP contribution in [-0.4, -0.2) is 55.0 Å². The monoisotopic (exact) mass is 271 g/mol. The van der Waals surface area contributed by atoms with Crippen LogP contribution in [0.2, 0.25) is 0 Å². The molecule has 2 aliphatic heterocycles. The molecular formula is C14H25NO2S. The number of ketones is 1. The maximum Gasteiger partial charge on any atom is 0.137 e. The van der Waals surface area contributed by atoms with Gasteiger partial charge in [-0.05, 0) is 51.3 Å². The summed E-state index contributed by atoms with van der Waals surface area (Å²) in [5.41, 5.74) is 0.0436. The predicted molar refractivity (Wildman–Crippen MR) is 76.1 cm³/mol. The molecule has 0 saturated carbocycles. The minimum Gasteiger partial charge on any atom is -0.375 e. The molecule has 0 radical (unpaired) electrons. The summed E-state index contributed by atoms with van der Waals surface area (Å²) in [6.45, 7) is 1.65. The summed E-state index contributed by atoms with van der Waals surface area (Å²) in [6.07, 6.45) is 4.87. The van der Waals surface area contributed by atoms with Gasteiger partial charge in [0.25, 0.3) is 0 Å². The third-order valence-corrected chi connectivity index (χ3v) is 5.14. The highest BCUT2D eigenvalue weighted by Crippen LogP contribution is 2.40. The van der Waals surface area contributed by atoms with Crippen LogP contribution in [0.15, 0.2) is 0 Å². The van der Waals surface area contributed by atoms with Crippen molar-refractivity contribution in [1.29, 1.82) is 0 Å². The number of carbonyl (C=O) groups excluding carboxylic acids is 1. The fraction of sp³-hybridized carbons (Fsp3) is 0.929. The van der Waals surface area contributed by atoms with E-state index in [0.29, 0.717) is 12.2 Å². The fourth-order valence-corrected chi connectivity index (χ4v) is 4.17. The topological polar surface area (TPSA) is 29.5 Å². The molecule has 2 heterocycles. The quantitative estimate of drug-likeness (QED) is 0.784. The van der Waals surface area contributed by atoms with Gasteiger partial charge >= 0.3 is 0 Å². The van der Waals surface area contributed by atoms with Gasteiger partial charge in [-0.2, -0.15) is 11.8 Å². The van der Waals surface area contributed by atoms with Crippen molar-refractivity contribution in [2.24, 2.45) is 5.92 Å². The summed E-state index contributed by atoms with van der Waals surface area (Å²) in [5, 5.41) is 0. The van der Waals surface area contributed by atoms with E-state index in [2.05, 4.69) is 4.90 Å². The van der Waals surface area contributed by atoms with E-state index in [4.69, 9.17) is 4.74 Å². The summed E-state index contributed by atoms with van der Waals surface area (Å²) < 4.78 is 6.04. The van der Waals surface area contributed by atoms with Crippen molar-refractivity contribution >= 4 is 17.5 Å². The molecule has 1 atom stereocenters. The summed E-state index contributed by atoms with van der Waals surface area (Å²) in [4.78, 5) is 14.3. The minimum absolute atomic E-state index is 0.0436. The lowest BCUT2D eigenvalue weighted by Crippen LogP contribution is -2.44. The van der Waals surface area contributed by atoms with E-state index in [0.717, 1.165) is 38.8 Å². The van der Waals surface area contributed by atoms with Crippen LogP contribution in [-0.2, 0) is 9.53 Å². The molecule has 2 aliphatic rings. The highest BCUT2D eigenvalue weighted by Gasteiger charge is 2.40. The Morgan fingerprint density at radius 2 is 2.11 bits per heavy atom. The van der Waals surface area contributed by atoms with Gasteiger partial charge in [0, 0.05) is 25.5 Å². The molecule has 0 aromatic heterocycles. The highest BCUT2D eigenvalue weighted by atomic mass is 32.2. The van der Waals surface area contributed by atoms with E-state index >= 15 is 0 Å². The number of rotatable bonds is 4. The fourth-order valence-electron chi connectivity index (χ4n) is 2.93. The third-order valence-electron chi connectivity index (χ3n) is 4.16. The van der Waals surface area contributed by atoms with Crippen molar-refractivity contribution in [3.8, 4) is 0 Å². The van der Waals surface area contributed by atoms with Gasteiger partial charge in [-0.15, -0.1) is 0 Å². The molecule has 2 fully saturated rings. The van der Waals surface area contributed by atoms with Crippen molar-refractivity contribution in [2.45, 2.75) is 37.7 Å². The van der Waals surface area contributed by atoms with Crippen LogP contribution in [0.25, 0.3) is 0 Å². The predicted octanol–water partition coefficient (Wildman–Crippen LogP) is 2.20. The van der Waals surface area contributed by atoms with Crippen molar-refractivity contribution < 1.29 is 9.53 Å². The van der Waals surface area contributed by atoms with E-state index in [9.17, 15) is 4.79 Å². The number of nitrogens with zero attached hydrogens (tertiary/aromatic N) is 1. The first-order valence-electron chi connectivity index (χ1n) is 7.00. The Kier molecular flexibility index (Phi) is 5.10. The molecule has 2 rings (SSSR count). The lowest BCUT2D eigenvalue weighted by molar-refractivity contribution is -0.138. The van der Waals surface area contributed by atoms with Crippen LogP contribution >= 0.6 is 11.8 Å². The number of carbonyl (C=O) groups is 1. The first kappa shape index (κ1) is 14.4. The van der Waals surface area contributed by atoms with Gasteiger partial charge in [0.05, 0.1) is 5.60 Å². The zero-order chi connectivity index (χ0) is 13.0. The molecule has 0 aliphatic carbocycles. The van der Waals surface area contributed by atoms with Gasteiger partial charge in [-0.3, -0.25) is 4.79 Å². The van der Waals surface area contributed by atoms with Crippen molar-refractivity contribution in [3.05, 3.63) is 0 Å². The Labute approximate surface area is 115 Å². The molecule has 1 unspecified atom stereocenters. The number of ether oxygens (including phenoxy) is 1. The maximum atomic E-state index is 12.2. The SMILES string of the molecule is CN(C)CCC(=O)C1CCOC2(CCSCC2)C1. The molecule has 3 nitrogen and oxygen atoms in total. The molecule has 0 bridgehead atoms. The molecule has 2 saturated heterocycles. The smallest absolute Gasteiger partial charge is 0.137 e. The van der Waals surface area contributed by atoms with E-state index in [1.165, 1.54) is 11.5 Å². The van der Waals surface area contributed by atoms with Crippen LogP contribution in [0.1, 0.15) is 32.1 Å². The molecule has 104 valence electrons. The van der Waals surface area contributed by atoms with Gasteiger partial charge in [0.2, 0.25) is 0 Å². The second-order valence-corrected chi connectivity index (χ2v) is 7.08. The van der Waals surface area contributed by atoms with E-state index in [1.54, 1.807) is 0 Å². The minimum atomic E-state index is 0.0436. The summed E-state index contributed by atoms with van der Waals surface area (Å²) >= 11 is 2.01. The number of Topliss-reactive ketones (excluding diaryl/α,β-unsaturated/α-hetero) is 1. The Morgan fingerprint density at radius 1 is 1.39 bits per heavy atom. The average molecular weight is 271 g/mol. The number of hydrogen-bond acceptors (Lipinski definition) is 4. The lowest BCUT2D eigenvalue weighted by Gasteiger charge is -2.43. The second-order valence-electron chi connectivity index (χ2n) is 5.85. The summed E-state index contributed by atoms with van der Waals surface area (Å²) in [7, 11) is 4.05. The molecule has 1 spiro atoms. The molecular weight excluding hydrogens is 246 g/mol. The van der Waals surface area contributed by atoms with Crippen LogP contribution < -0.4 is 0 Å². The van der Waals surface area contributed by atoms with Gasteiger partial charge in [0.1, 0.15) is 5.78 Å². The normalized spacial score (nSPS) is 27.6. The number of hydrogen-bond donors (Lipinski definition) is 0. The van der Waals surface area contributed by atoms with Gasteiger partial charge < -0.3 is 9.64 Å². The van der Waals surface area contributed by atoms with Gasteiger partial charge in [-0.1, -0.05) is 0 Å². The first-order chi connectivity index (χ1) is 8.61. The molecule has 0 aromatic carbocycles. The van der Waals surface area contributed by atoms with E-state index < -0.39 is 0 Å². The Hall–Kier alpha value is -0.0600. The van der Waals surface area contributed by atoms with Crippen LogP contribution in [0.5, 0.6) is 0 Å². The second kappa shape index (κ2) is 6.40. The van der Waals surface area contributed by atoms with Gasteiger partial charge in [-0.25, -0.2) is 0 Å². The van der Waals surface area contributed by atoms with Crippen molar-refractivity contribution in [1.82, 2.24) is 4.90 Å². The van der Waals surface area contributed by atoms with Crippen LogP contribution in [0.4, 0.5) is 0 Å². The summed E-state index contributed by atoms with van der Waals surface area (Å²) in [6, 6.07) is 0. The summed E-state index contributed by atoms with van der Waals surface area (Å²) in [5.74, 6) is 3.09. The zero-order valence-electron chi connectivity index (χ0n) is 11.6. The first-order valence-corrected chi connectivity index (χ1v) is 8.16. The van der Waals surface area contributed by atoms with Gasteiger partial charge in [0.15, 0.2) is 0 Å². The molecule has 0 amide bonds. The third kappa shape index (κ3) is 3.72. The maximum absolute atomic E-state index is 12.2. The molecule has 18 heavy (non-hydrogen) atoms. The standard InChI is InChI=1S/C14H25NO2S/c1-15(2)7-3-13(16)12-4-8-17-14(11-12)5-9-18-10-6-14/h12H,3-11H2,1-2H3. The zero-order valence-corrected chi connectivity index (χ0v) is 12.4. The van der Waals surface area contributed by atoms with Crippen LogP contribution in [0, 0.1) is 5.92 Å². The van der Waals surface area contributed by atoms with E-state index in [1.807, 2.05) is 25.9 Å². The Balaban J connectivity index is 1.87.